The molecular formula is C15H14ClNO3. The van der Waals surface area contributed by atoms with Crippen molar-refractivity contribution in [3.05, 3.63) is 57.4 Å². The molecule has 0 bridgehead atoms. The van der Waals surface area contributed by atoms with Crippen LogP contribution in [0.1, 0.15) is 37.7 Å². The summed E-state index contributed by atoms with van der Waals surface area (Å²) < 4.78 is 4.74. The van der Waals surface area contributed by atoms with Crippen LogP contribution in [0.25, 0.3) is 0 Å². The number of rotatable bonds is 3. The van der Waals surface area contributed by atoms with E-state index in [0.717, 1.165) is 0 Å². The molecule has 0 fully saturated rings. The van der Waals surface area contributed by atoms with Crippen molar-refractivity contribution in [2.24, 2.45) is 0 Å². The number of carbonyl (C=O) groups is 2. The molecule has 1 aromatic heterocycles. The molecule has 0 aliphatic rings. The van der Waals surface area contributed by atoms with Crippen molar-refractivity contribution in [1.29, 1.82) is 0 Å². The number of ketones is 1. The number of ether oxygens (including phenoxy) is 1. The molecule has 5 heteroatoms. The summed E-state index contributed by atoms with van der Waals surface area (Å²) >= 11 is 5.81. The molecular weight excluding hydrogens is 278 g/mol. The van der Waals surface area contributed by atoms with Crippen molar-refractivity contribution in [2.75, 3.05) is 7.11 Å². The normalized spacial score (nSPS) is 10.4. The fourth-order valence-corrected chi connectivity index (χ4v) is 2.29. The predicted molar refractivity (Wildman–Crippen MR) is 76.5 cm³/mol. The summed E-state index contributed by atoms with van der Waals surface area (Å²) in [4.78, 5) is 27.4. The van der Waals surface area contributed by atoms with Crippen LogP contribution in [0.4, 0.5) is 0 Å². The minimum Gasteiger partial charge on any atom is -0.465 e. The molecule has 0 aliphatic heterocycles. The van der Waals surface area contributed by atoms with Gasteiger partial charge in [0.1, 0.15) is 0 Å². The highest BCUT2D eigenvalue weighted by Gasteiger charge is 2.25. The summed E-state index contributed by atoms with van der Waals surface area (Å²) in [6.07, 6.45) is 0. The maximum Gasteiger partial charge on any atom is 0.340 e. The predicted octanol–water partition coefficient (Wildman–Crippen LogP) is 3.30. The number of aromatic amines is 1. The number of hydrogen-bond donors (Lipinski definition) is 1. The number of H-pyrrole nitrogens is 1. The maximum atomic E-state index is 12.6. The Labute approximate surface area is 121 Å². The lowest BCUT2D eigenvalue weighted by Crippen LogP contribution is -2.11. The van der Waals surface area contributed by atoms with Crippen LogP contribution in [0.3, 0.4) is 0 Å². The van der Waals surface area contributed by atoms with Crippen molar-refractivity contribution in [3.63, 3.8) is 0 Å². The molecule has 1 aromatic carbocycles. The van der Waals surface area contributed by atoms with E-state index in [1.807, 2.05) is 0 Å². The van der Waals surface area contributed by atoms with Gasteiger partial charge in [-0.2, -0.15) is 0 Å². The van der Waals surface area contributed by atoms with E-state index >= 15 is 0 Å². The topological polar surface area (TPSA) is 59.2 Å². The van der Waals surface area contributed by atoms with Crippen molar-refractivity contribution < 1.29 is 14.3 Å². The first-order valence-corrected chi connectivity index (χ1v) is 6.41. The number of aryl methyl sites for hydroxylation is 2. The Morgan fingerprint density at radius 2 is 1.60 bits per heavy atom. The van der Waals surface area contributed by atoms with Gasteiger partial charge < -0.3 is 9.72 Å². The monoisotopic (exact) mass is 291 g/mol. The van der Waals surface area contributed by atoms with Crippen molar-refractivity contribution in [1.82, 2.24) is 4.98 Å². The minimum absolute atomic E-state index is 0.232. The van der Waals surface area contributed by atoms with Gasteiger partial charge in [0.15, 0.2) is 5.78 Å². The molecule has 0 saturated heterocycles. The van der Waals surface area contributed by atoms with Gasteiger partial charge >= 0.3 is 5.97 Å². The Morgan fingerprint density at radius 3 is 2.15 bits per heavy atom. The number of halogens is 1. The number of methoxy groups -OCH3 is 1. The van der Waals surface area contributed by atoms with E-state index in [9.17, 15) is 9.59 Å². The Bertz CT molecular complexity index is 671. The SMILES string of the molecule is COC(=O)c1c(C)[nH]c(C)c1C(=O)c1ccc(Cl)cc1. The molecule has 2 aromatic rings. The fraction of sp³-hybridized carbons (Fsp3) is 0.200. The molecule has 0 amide bonds. The van der Waals surface area contributed by atoms with Crippen LogP contribution in [0.5, 0.6) is 0 Å². The van der Waals surface area contributed by atoms with Gasteiger partial charge in [-0.15, -0.1) is 0 Å². The van der Waals surface area contributed by atoms with Gasteiger partial charge in [0.25, 0.3) is 0 Å². The molecule has 0 saturated carbocycles. The summed E-state index contributed by atoms with van der Waals surface area (Å²) in [6, 6.07) is 6.55. The Hall–Kier alpha value is -2.07. The fourth-order valence-electron chi connectivity index (χ4n) is 2.17. The van der Waals surface area contributed by atoms with E-state index in [1.165, 1.54) is 7.11 Å². The third-order valence-corrected chi connectivity index (χ3v) is 3.35. The lowest BCUT2D eigenvalue weighted by atomic mass is 9.99. The zero-order valence-electron chi connectivity index (χ0n) is 11.4. The first kappa shape index (κ1) is 14.3. The van der Waals surface area contributed by atoms with Gasteiger partial charge in [0.05, 0.1) is 18.2 Å². The summed E-state index contributed by atoms with van der Waals surface area (Å²) in [5.74, 6) is -0.756. The van der Waals surface area contributed by atoms with Gasteiger partial charge in [-0.1, -0.05) is 11.6 Å². The number of nitrogens with one attached hydrogen (secondary N) is 1. The molecule has 1 heterocycles. The standard InChI is InChI=1S/C15H14ClNO3/c1-8-12(13(9(2)17-8)15(19)20-3)14(18)10-4-6-11(16)7-5-10/h4-7,17H,1-3H3. The van der Waals surface area contributed by atoms with Crippen LogP contribution in [0.15, 0.2) is 24.3 Å². The smallest absolute Gasteiger partial charge is 0.340 e. The van der Waals surface area contributed by atoms with Crippen LogP contribution < -0.4 is 0 Å². The molecule has 2 rings (SSSR count). The Kier molecular flexibility index (Phi) is 3.95. The second-order valence-corrected chi connectivity index (χ2v) is 4.89. The number of esters is 1. The van der Waals surface area contributed by atoms with Gasteiger partial charge in [0.2, 0.25) is 0 Å². The lowest BCUT2D eigenvalue weighted by molar-refractivity contribution is 0.0597. The Morgan fingerprint density at radius 1 is 1.05 bits per heavy atom. The maximum absolute atomic E-state index is 12.6. The van der Waals surface area contributed by atoms with Gasteiger partial charge in [-0.25, -0.2) is 4.79 Å². The first-order valence-electron chi connectivity index (χ1n) is 6.03. The quantitative estimate of drug-likeness (QED) is 0.697. The van der Waals surface area contributed by atoms with Crippen molar-refractivity contribution in [2.45, 2.75) is 13.8 Å². The number of aromatic nitrogens is 1. The van der Waals surface area contributed by atoms with E-state index in [4.69, 9.17) is 16.3 Å². The molecule has 0 unspecified atom stereocenters. The molecule has 0 spiro atoms. The summed E-state index contributed by atoms with van der Waals surface area (Å²) in [5.41, 5.74) is 2.36. The lowest BCUT2D eigenvalue weighted by Gasteiger charge is -2.05. The highest BCUT2D eigenvalue weighted by molar-refractivity contribution is 6.30. The molecule has 20 heavy (non-hydrogen) atoms. The number of benzene rings is 1. The van der Waals surface area contributed by atoms with Gasteiger partial charge in [-0.3, -0.25) is 4.79 Å². The van der Waals surface area contributed by atoms with Gasteiger partial charge in [0, 0.05) is 22.0 Å². The molecule has 0 aliphatic carbocycles. The van der Waals surface area contributed by atoms with E-state index < -0.39 is 5.97 Å². The number of carbonyl (C=O) groups excluding carboxylic acids is 2. The molecule has 0 radical (unpaired) electrons. The van der Waals surface area contributed by atoms with E-state index in [0.29, 0.717) is 27.5 Å². The third-order valence-electron chi connectivity index (χ3n) is 3.10. The van der Waals surface area contributed by atoms with Crippen LogP contribution in [0, 0.1) is 13.8 Å². The zero-order chi connectivity index (χ0) is 14.9. The van der Waals surface area contributed by atoms with Crippen LogP contribution in [-0.4, -0.2) is 23.8 Å². The van der Waals surface area contributed by atoms with Crippen LogP contribution in [-0.2, 0) is 4.74 Å². The van der Waals surface area contributed by atoms with Crippen LogP contribution in [0.2, 0.25) is 5.02 Å². The molecule has 1 N–H and O–H groups in total. The number of hydrogen-bond acceptors (Lipinski definition) is 3. The summed E-state index contributed by atoms with van der Waals surface area (Å²) in [6.45, 7) is 3.49. The van der Waals surface area contributed by atoms with E-state index in [1.54, 1.807) is 38.1 Å². The highest BCUT2D eigenvalue weighted by Crippen LogP contribution is 2.23. The minimum atomic E-state index is -0.524. The van der Waals surface area contributed by atoms with E-state index in [-0.39, 0.29) is 11.3 Å². The summed E-state index contributed by atoms with van der Waals surface area (Å²) in [7, 11) is 1.29. The zero-order valence-corrected chi connectivity index (χ0v) is 12.2. The van der Waals surface area contributed by atoms with E-state index in [2.05, 4.69) is 4.98 Å². The largest absolute Gasteiger partial charge is 0.465 e. The van der Waals surface area contributed by atoms with Crippen molar-refractivity contribution in [3.8, 4) is 0 Å². The molecule has 104 valence electrons. The van der Waals surface area contributed by atoms with Crippen molar-refractivity contribution >= 4 is 23.4 Å². The van der Waals surface area contributed by atoms with Crippen LogP contribution >= 0.6 is 11.6 Å². The first-order chi connectivity index (χ1) is 9.45. The second kappa shape index (κ2) is 5.51. The second-order valence-electron chi connectivity index (χ2n) is 4.45. The molecule has 0 atom stereocenters. The average Bonchev–Trinajstić information content (AvgIpc) is 2.72. The Balaban J connectivity index is 2.54. The average molecular weight is 292 g/mol. The third kappa shape index (κ3) is 2.47. The van der Waals surface area contributed by atoms with Gasteiger partial charge in [-0.05, 0) is 38.1 Å². The highest BCUT2D eigenvalue weighted by atomic mass is 35.5. The molecule has 4 nitrogen and oxygen atoms in total. The summed E-state index contributed by atoms with van der Waals surface area (Å²) in [5, 5.41) is 0.553.